The molecule has 0 aliphatic carbocycles. The Morgan fingerprint density at radius 2 is 2.27 bits per heavy atom. The van der Waals surface area contributed by atoms with Crippen LogP contribution in [0.1, 0.15) is 12.5 Å². The van der Waals surface area contributed by atoms with Gasteiger partial charge in [-0.1, -0.05) is 12.2 Å². The molecule has 0 saturated carbocycles. The summed E-state index contributed by atoms with van der Waals surface area (Å²) in [4.78, 5) is 15.1. The average molecular weight is 224 g/mol. The van der Waals surface area contributed by atoms with Gasteiger partial charge in [0.15, 0.2) is 0 Å². The Labute approximate surface area is 92.9 Å². The van der Waals surface area contributed by atoms with E-state index in [0.717, 1.165) is 0 Å². The van der Waals surface area contributed by atoms with Gasteiger partial charge in [-0.05, 0) is 19.1 Å². The van der Waals surface area contributed by atoms with Crippen LogP contribution in [0.3, 0.4) is 0 Å². The molecule has 1 aromatic rings. The third-order valence-electron chi connectivity index (χ3n) is 1.85. The summed E-state index contributed by atoms with van der Waals surface area (Å²) in [6.07, 6.45) is 1.58. The Balaban J connectivity index is 2.94. The van der Waals surface area contributed by atoms with Crippen molar-refractivity contribution >= 4 is 28.9 Å². The van der Waals surface area contributed by atoms with Gasteiger partial charge in [-0.3, -0.25) is 4.79 Å². The molecule has 5 nitrogen and oxygen atoms in total. The van der Waals surface area contributed by atoms with Crippen LogP contribution in [0.5, 0.6) is 0 Å². The number of amides is 1. The molecule has 0 aromatic carbocycles. The summed E-state index contributed by atoms with van der Waals surface area (Å²) in [7, 11) is 0. The van der Waals surface area contributed by atoms with E-state index < -0.39 is 11.9 Å². The first-order chi connectivity index (χ1) is 7.02. The first-order valence-electron chi connectivity index (χ1n) is 4.33. The van der Waals surface area contributed by atoms with Gasteiger partial charge in [-0.25, -0.2) is 4.98 Å². The highest BCUT2D eigenvalue weighted by Gasteiger charge is 2.12. The van der Waals surface area contributed by atoms with Gasteiger partial charge >= 0.3 is 0 Å². The maximum atomic E-state index is 10.9. The van der Waals surface area contributed by atoms with E-state index in [1.54, 1.807) is 25.3 Å². The Kier molecular flexibility index (Phi) is 3.56. The summed E-state index contributed by atoms with van der Waals surface area (Å²) in [5, 5.41) is 2.84. The lowest BCUT2D eigenvalue weighted by atomic mass is 10.2. The van der Waals surface area contributed by atoms with E-state index in [2.05, 4.69) is 10.3 Å². The zero-order chi connectivity index (χ0) is 11.4. The molecular formula is C9H12N4OS. The molecule has 6 heteroatoms. The Morgan fingerprint density at radius 3 is 2.80 bits per heavy atom. The molecule has 1 heterocycles. The van der Waals surface area contributed by atoms with Gasteiger partial charge in [0.05, 0.1) is 5.56 Å². The number of hydrogen-bond donors (Lipinski definition) is 3. The van der Waals surface area contributed by atoms with Crippen LogP contribution in [0, 0.1) is 0 Å². The first-order valence-corrected chi connectivity index (χ1v) is 4.74. The lowest BCUT2D eigenvalue weighted by Gasteiger charge is -2.13. The minimum atomic E-state index is -0.520. The molecule has 0 bridgehead atoms. The van der Waals surface area contributed by atoms with Crippen LogP contribution in [-0.4, -0.2) is 21.9 Å². The summed E-state index contributed by atoms with van der Waals surface area (Å²) < 4.78 is 0. The molecule has 0 fully saturated rings. The molecular weight excluding hydrogens is 212 g/mol. The molecule has 1 atom stereocenters. The lowest BCUT2D eigenvalue weighted by molar-refractivity contribution is -0.118. The largest absolute Gasteiger partial charge is 0.389 e. The van der Waals surface area contributed by atoms with E-state index in [1.807, 2.05) is 0 Å². The summed E-state index contributed by atoms with van der Waals surface area (Å²) in [5.74, 6) is 0.00541. The van der Waals surface area contributed by atoms with Crippen LogP contribution in [0.25, 0.3) is 0 Å². The number of thiocarbonyl (C=S) groups is 1. The van der Waals surface area contributed by atoms with Gasteiger partial charge in [0, 0.05) is 6.20 Å². The summed E-state index contributed by atoms with van der Waals surface area (Å²) >= 11 is 4.85. The van der Waals surface area contributed by atoms with Crippen molar-refractivity contribution in [3.05, 3.63) is 23.9 Å². The number of nitrogens with zero attached hydrogens (tertiary/aromatic N) is 1. The summed E-state index contributed by atoms with van der Waals surface area (Å²) in [6, 6.07) is 2.92. The van der Waals surface area contributed by atoms with Crippen molar-refractivity contribution in [2.75, 3.05) is 5.32 Å². The van der Waals surface area contributed by atoms with Gasteiger partial charge in [0.2, 0.25) is 5.91 Å². The smallest absolute Gasteiger partial charge is 0.239 e. The molecule has 0 aliphatic rings. The molecule has 0 saturated heterocycles. The Bertz CT molecular complexity index is 393. The normalized spacial score (nSPS) is 11.8. The second-order valence-electron chi connectivity index (χ2n) is 3.03. The number of hydrogen-bond acceptors (Lipinski definition) is 4. The van der Waals surface area contributed by atoms with Crippen molar-refractivity contribution in [3.63, 3.8) is 0 Å². The third-order valence-corrected chi connectivity index (χ3v) is 2.07. The number of carbonyl (C=O) groups excluding carboxylic acids is 1. The van der Waals surface area contributed by atoms with Crippen LogP contribution in [-0.2, 0) is 4.79 Å². The van der Waals surface area contributed by atoms with E-state index >= 15 is 0 Å². The predicted octanol–water partition coefficient (Wildman–Crippen LogP) is 0.00150. The van der Waals surface area contributed by atoms with E-state index in [4.69, 9.17) is 23.7 Å². The Hall–Kier alpha value is -1.69. The minimum absolute atomic E-state index is 0.224. The molecule has 1 rings (SSSR count). The summed E-state index contributed by atoms with van der Waals surface area (Å²) in [5.41, 5.74) is 11.2. The maximum Gasteiger partial charge on any atom is 0.239 e. The quantitative estimate of drug-likeness (QED) is 0.626. The fourth-order valence-electron chi connectivity index (χ4n) is 0.995. The minimum Gasteiger partial charge on any atom is -0.389 e. The number of rotatable bonds is 4. The SMILES string of the molecule is CC(Nc1ncccc1C(N)=S)C(N)=O. The predicted molar refractivity (Wildman–Crippen MR) is 62.4 cm³/mol. The van der Waals surface area contributed by atoms with E-state index in [-0.39, 0.29) is 4.99 Å². The van der Waals surface area contributed by atoms with Crippen molar-refractivity contribution < 1.29 is 4.79 Å². The molecule has 0 aliphatic heterocycles. The molecule has 15 heavy (non-hydrogen) atoms. The first kappa shape index (κ1) is 11.4. The van der Waals surface area contributed by atoms with Gasteiger partial charge in [-0.15, -0.1) is 0 Å². The Morgan fingerprint density at radius 1 is 1.60 bits per heavy atom. The second-order valence-corrected chi connectivity index (χ2v) is 3.47. The van der Waals surface area contributed by atoms with Gasteiger partial charge in [0.1, 0.15) is 16.8 Å². The standard InChI is InChI=1S/C9H12N4OS/c1-5(7(10)14)13-9-6(8(11)15)3-2-4-12-9/h2-5H,1H3,(H2,10,14)(H2,11,15)(H,12,13). The lowest BCUT2D eigenvalue weighted by Crippen LogP contribution is -2.33. The van der Waals surface area contributed by atoms with E-state index in [9.17, 15) is 4.79 Å². The maximum absolute atomic E-state index is 10.9. The molecule has 1 aromatic heterocycles. The number of nitrogens with two attached hydrogens (primary N) is 2. The molecule has 80 valence electrons. The number of aromatic nitrogens is 1. The highest BCUT2D eigenvalue weighted by Crippen LogP contribution is 2.11. The molecule has 1 unspecified atom stereocenters. The zero-order valence-corrected chi connectivity index (χ0v) is 9.04. The van der Waals surface area contributed by atoms with Crippen molar-refractivity contribution in [2.45, 2.75) is 13.0 Å². The van der Waals surface area contributed by atoms with Crippen LogP contribution < -0.4 is 16.8 Å². The highest BCUT2D eigenvalue weighted by atomic mass is 32.1. The van der Waals surface area contributed by atoms with Gasteiger partial charge in [0.25, 0.3) is 0 Å². The number of pyridine rings is 1. The molecule has 0 spiro atoms. The number of anilines is 1. The molecule has 5 N–H and O–H groups in total. The van der Waals surface area contributed by atoms with Gasteiger partial charge in [-0.2, -0.15) is 0 Å². The third kappa shape index (κ3) is 2.88. The van der Waals surface area contributed by atoms with Crippen LogP contribution in [0.4, 0.5) is 5.82 Å². The second kappa shape index (κ2) is 4.70. The zero-order valence-electron chi connectivity index (χ0n) is 8.23. The van der Waals surface area contributed by atoms with E-state index in [0.29, 0.717) is 11.4 Å². The number of primary amides is 1. The van der Waals surface area contributed by atoms with Crippen molar-refractivity contribution in [1.82, 2.24) is 4.98 Å². The average Bonchev–Trinajstić information content (AvgIpc) is 2.18. The van der Waals surface area contributed by atoms with Gasteiger partial charge < -0.3 is 16.8 Å². The van der Waals surface area contributed by atoms with Crippen LogP contribution in [0.15, 0.2) is 18.3 Å². The van der Waals surface area contributed by atoms with Crippen molar-refractivity contribution in [1.29, 1.82) is 0 Å². The number of nitrogens with one attached hydrogen (secondary N) is 1. The summed E-state index contributed by atoms with van der Waals surface area (Å²) in [6.45, 7) is 1.64. The fraction of sp³-hybridized carbons (Fsp3) is 0.222. The molecule has 1 amide bonds. The fourth-order valence-corrected chi connectivity index (χ4v) is 1.16. The highest BCUT2D eigenvalue weighted by molar-refractivity contribution is 7.80. The van der Waals surface area contributed by atoms with Crippen molar-refractivity contribution in [2.24, 2.45) is 11.5 Å². The monoisotopic (exact) mass is 224 g/mol. The van der Waals surface area contributed by atoms with E-state index in [1.165, 1.54) is 0 Å². The number of carbonyl (C=O) groups is 1. The topological polar surface area (TPSA) is 94.0 Å². The molecule has 0 radical (unpaired) electrons. The van der Waals surface area contributed by atoms with Crippen LogP contribution in [0.2, 0.25) is 0 Å². The van der Waals surface area contributed by atoms with Crippen LogP contribution >= 0.6 is 12.2 Å². The van der Waals surface area contributed by atoms with Crippen molar-refractivity contribution in [3.8, 4) is 0 Å².